The fraction of sp³-hybridized carbons (Fsp3) is 0.278. The van der Waals surface area contributed by atoms with Crippen LogP contribution in [0.1, 0.15) is 38.1 Å². The minimum Gasteiger partial charge on any atom is -0.358 e. The first kappa shape index (κ1) is 20.6. The molecule has 12 heteroatoms. The van der Waals surface area contributed by atoms with E-state index in [0.29, 0.717) is 11.3 Å². The maximum absolute atomic E-state index is 12.1. The van der Waals surface area contributed by atoms with Gasteiger partial charge in [-0.3, -0.25) is 9.59 Å². The summed E-state index contributed by atoms with van der Waals surface area (Å²) in [5.74, 6) is -1.23. The molecule has 2 heterocycles. The first-order chi connectivity index (χ1) is 14.3. The van der Waals surface area contributed by atoms with E-state index in [4.69, 9.17) is 4.52 Å². The van der Waals surface area contributed by atoms with Crippen LogP contribution < -0.4 is 10.6 Å². The van der Waals surface area contributed by atoms with Crippen molar-refractivity contribution in [3.8, 4) is 0 Å². The maximum Gasteiger partial charge on any atom is 0.390 e. The van der Waals surface area contributed by atoms with Gasteiger partial charge in [-0.15, -0.1) is 0 Å². The summed E-state index contributed by atoms with van der Waals surface area (Å²) in [6.07, 6.45) is 0. The van der Waals surface area contributed by atoms with Crippen molar-refractivity contribution in [3.05, 3.63) is 69.0 Å². The number of hydrogen-bond donors (Lipinski definition) is 2. The zero-order chi connectivity index (χ0) is 21.7. The fourth-order valence-corrected chi connectivity index (χ4v) is 2.60. The largest absolute Gasteiger partial charge is 0.390 e. The van der Waals surface area contributed by atoms with Crippen molar-refractivity contribution in [2.45, 2.75) is 20.4 Å². The average molecular weight is 413 g/mol. The van der Waals surface area contributed by atoms with Crippen molar-refractivity contribution in [2.75, 3.05) is 13.1 Å². The van der Waals surface area contributed by atoms with Crippen LogP contribution in [0.15, 0.2) is 34.9 Å². The van der Waals surface area contributed by atoms with Crippen molar-refractivity contribution in [2.24, 2.45) is 0 Å². The molecule has 12 nitrogen and oxygen atoms in total. The van der Waals surface area contributed by atoms with E-state index in [1.54, 1.807) is 25.1 Å². The van der Waals surface area contributed by atoms with Gasteiger partial charge in [-0.05, 0) is 30.9 Å². The quantitative estimate of drug-likeness (QED) is 0.314. The second-order valence-corrected chi connectivity index (χ2v) is 6.46. The molecule has 2 N–H and O–H groups in total. The van der Waals surface area contributed by atoms with Crippen LogP contribution in [0.3, 0.4) is 0 Å². The van der Waals surface area contributed by atoms with Gasteiger partial charge in [-0.25, -0.2) is 0 Å². The van der Waals surface area contributed by atoms with E-state index in [2.05, 4.69) is 25.9 Å². The van der Waals surface area contributed by atoms with Gasteiger partial charge in [0.05, 0.1) is 16.9 Å². The van der Waals surface area contributed by atoms with Crippen molar-refractivity contribution in [1.29, 1.82) is 0 Å². The number of amides is 2. The van der Waals surface area contributed by atoms with E-state index < -0.39 is 10.8 Å². The number of nitrogens with zero attached hydrogens (tertiary/aromatic N) is 5. The van der Waals surface area contributed by atoms with Gasteiger partial charge in [0.1, 0.15) is 6.54 Å². The molecule has 0 fully saturated rings. The Hall–Kier alpha value is -4.09. The molecule has 1 aromatic carbocycles. The predicted octanol–water partition coefficient (Wildman–Crippen LogP) is 0.999. The van der Waals surface area contributed by atoms with Gasteiger partial charge >= 0.3 is 17.6 Å². The predicted molar refractivity (Wildman–Crippen MR) is 103 cm³/mol. The molecule has 3 rings (SSSR count). The number of nitrogens with one attached hydrogen (secondary N) is 2. The fourth-order valence-electron chi connectivity index (χ4n) is 2.60. The molecular formula is C18H19N7O5. The number of aromatic nitrogens is 4. The molecule has 0 saturated heterocycles. The molecule has 156 valence electrons. The number of rotatable bonds is 8. The highest BCUT2D eigenvalue weighted by Crippen LogP contribution is 2.12. The van der Waals surface area contributed by atoms with Crippen LogP contribution in [-0.4, -0.2) is 49.7 Å². The van der Waals surface area contributed by atoms with Crippen molar-refractivity contribution < 1.29 is 19.0 Å². The Morgan fingerprint density at radius 1 is 1.17 bits per heavy atom. The Kier molecular flexibility index (Phi) is 6.15. The van der Waals surface area contributed by atoms with Crippen LogP contribution in [0.2, 0.25) is 0 Å². The van der Waals surface area contributed by atoms with E-state index in [1.807, 2.05) is 13.0 Å². The Labute approximate surface area is 170 Å². The summed E-state index contributed by atoms with van der Waals surface area (Å²) in [5.41, 5.74) is 2.06. The summed E-state index contributed by atoms with van der Waals surface area (Å²) in [4.78, 5) is 38.3. The molecule has 0 aliphatic carbocycles. The molecule has 0 atom stereocenters. The Balaban J connectivity index is 1.48. The van der Waals surface area contributed by atoms with E-state index in [-0.39, 0.29) is 43.1 Å². The van der Waals surface area contributed by atoms with Gasteiger partial charge in [-0.1, -0.05) is 22.9 Å². The van der Waals surface area contributed by atoms with Gasteiger partial charge in [0.2, 0.25) is 0 Å². The van der Waals surface area contributed by atoms with Crippen molar-refractivity contribution in [3.63, 3.8) is 0 Å². The van der Waals surface area contributed by atoms with E-state index in [1.165, 1.54) is 10.7 Å². The molecule has 0 bridgehead atoms. The van der Waals surface area contributed by atoms with E-state index in [9.17, 15) is 19.7 Å². The summed E-state index contributed by atoms with van der Waals surface area (Å²) in [7, 11) is 0. The number of carbonyl (C=O) groups is 2. The van der Waals surface area contributed by atoms with E-state index in [0.717, 1.165) is 5.56 Å². The standard InChI is InChI=1S/C18H19N7O5/c1-11-4-3-5-13(8-11)16(26)19-6-7-20-17(27)18-21-14(23-30-18)10-24-12(2)9-15(22-24)25(28)29/h3-5,8-9H,6-7,10H2,1-2H3,(H,19,26)(H,20,27). The number of aryl methyl sites for hydroxylation is 2. The zero-order valence-electron chi connectivity index (χ0n) is 16.3. The normalized spacial score (nSPS) is 10.6. The van der Waals surface area contributed by atoms with Gasteiger partial charge in [-0.2, -0.15) is 9.67 Å². The molecule has 3 aromatic rings. The highest BCUT2D eigenvalue weighted by molar-refractivity contribution is 5.94. The van der Waals surface area contributed by atoms with Crippen LogP contribution in [0.25, 0.3) is 0 Å². The molecule has 30 heavy (non-hydrogen) atoms. The summed E-state index contributed by atoms with van der Waals surface area (Å²) in [5, 5.41) is 23.5. The molecule has 2 amide bonds. The minimum atomic E-state index is -0.601. The average Bonchev–Trinajstić information content (AvgIpc) is 3.32. The summed E-state index contributed by atoms with van der Waals surface area (Å²) >= 11 is 0. The molecule has 0 saturated carbocycles. The minimum absolute atomic E-state index is 0.0169. The lowest BCUT2D eigenvalue weighted by Crippen LogP contribution is -2.34. The zero-order valence-corrected chi connectivity index (χ0v) is 16.3. The second kappa shape index (κ2) is 8.94. The molecule has 0 unspecified atom stereocenters. The third-order valence-corrected chi connectivity index (χ3v) is 4.09. The number of benzene rings is 1. The maximum atomic E-state index is 12.1. The number of carbonyl (C=O) groups excluding carboxylic acids is 2. The van der Waals surface area contributed by atoms with Crippen LogP contribution in [0.4, 0.5) is 5.82 Å². The van der Waals surface area contributed by atoms with Gasteiger partial charge in [0.15, 0.2) is 5.82 Å². The molecule has 0 aliphatic heterocycles. The Morgan fingerprint density at radius 3 is 2.57 bits per heavy atom. The molecule has 0 aliphatic rings. The third-order valence-electron chi connectivity index (χ3n) is 4.09. The highest BCUT2D eigenvalue weighted by Gasteiger charge is 2.19. The van der Waals surface area contributed by atoms with Gasteiger partial charge in [0.25, 0.3) is 5.91 Å². The van der Waals surface area contributed by atoms with Crippen LogP contribution >= 0.6 is 0 Å². The molecule has 0 radical (unpaired) electrons. The van der Waals surface area contributed by atoms with Crippen molar-refractivity contribution >= 4 is 17.6 Å². The van der Waals surface area contributed by atoms with Crippen molar-refractivity contribution in [1.82, 2.24) is 30.6 Å². The SMILES string of the molecule is Cc1cccc(C(=O)NCCNC(=O)c2nc(Cn3nc([N+](=O)[O-])cc3C)no2)c1. The molecular weight excluding hydrogens is 394 g/mol. The summed E-state index contributed by atoms with van der Waals surface area (Å²) in [6, 6.07) is 8.48. The summed E-state index contributed by atoms with van der Waals surface area (Å²) in [6.45, 7) is 3.94. The molecule has 2 aromatic heterocycles. The van der Waals surface area contributed by atoms with Crippen LogP contribution in [-0.2, 0) is 6.54 Å². The third kappa shape index (κ3) is 5.04. The summed E-state index contributed by atoms with van der Waals surface area (Å²) < 4.78 is 6.26. The first-order valence-corrected chi connectivity index (χ1v) is 8.98. The topological polar surface area (TPSA) is 158 Å². The second-order valence-electron chi connectivity index (χ2n) is 6.46. The number of hydrogen-bond acceptors (Lipinski definition) is 8. The monoisotopic (exact) mass is 413 g/mol. The van der Waals surface area contributed by atoms with Crippen LogP contribution in [0.5, 0.6) is 0 Å². The lowest BCUT2D eigenvalue weighted by molar-refractivity contribution is -0.389. The first-order valence-electron chi connectivity index (χ1n) is 8.98. The number of nitro groups is 1. The molecule has 0 spiro atoms. The Morgan fingerprint density at radius 2 is 1.90 bits per heavy atom. The lowest BCUT2D eigenvalue weighted by Gasteiger charge is -2.06. The Bertz CT molecular complexity index is 1090. The smallest absolute Gasteiger partial charge is 0.358 e. The van der Waals surface area contributed by atoms with Gasteiger partial charge in [0, 0.05) is 18.7 Å². The highest BCUT2D eigenvalue weighted by atomic mass is 16.6. The van der Waals surface area contributed by atoms with Crippen LogP contribution in [0, 0.1) is 24.0 Å². The lowest BCUT2D eigenvalue weighted by atomic mass is 10.1. The van der Waals surface area contributed by atoms with E-state index >= 15 is 0 Å². The van der Waals surface area contributed by atoms with Gasteiger partial charge < -0.3 is 25.3 Å².